The highest BCUT2D eigenvalue weighted by Crippen LogP contribution is 2.49. The van der Waals surface area contributed by atoms with Crippen molar-refractivity contribution >= 4 is 18.5 Å². The minimum absolute atomic E-state index is 0.893. The molecule has 0 nitrogen and oxygen atoms in total. The first-order valence-corrected chi connectivity index (χ1v) is 10.6. The van der Waals surface area contributed by atoms with Crippen LogP contribution >= 0.6 is 11.1 Å². The number of halogens is 1. The number of fused-ring (bicyclic) bond motifs is 2. The molecule has 1 saturated carbocycles. The first kappa shape index (κ1) is 11.7. The van der Waals surface area contributed by atoms with Crippen LogP contribution in [0.4, 0.5) is 0 Å². The lowest BCUT2D eigenvalue weighted by molar-refractivity contribution is 0.299. The molecule has 0 saturated heterocycles. The molecule has 0 heterocycles. The first-order valence-electron chi connectivity index (χ1n) is 6.37. The van der Waals surface area contributed by atoms with Gasteiger partial charge < -0.3 is 0 Å². The van der Waals surface area contributed by atoms with Crippen LogP contribution in [0.15, 0.2) is 12.2 Å². The highest BCUT2D eigenvalue weighted by atomic mass is 35.6. The molecule has 2 rings (SSSR count). The molecule has 0 aromatic carbocycles. The number of allylic oxidation sites excluding steroid dienone is 2. The van der Waals surface area contributed by atoms with E-state index >= 15 is 0 Å². The Morgan fingerprint density at radius 2 is 2.07 bits per heavy atom. The summed E-state index contributed by atoms with van der Waals surface area (Å²) in [4.78, 5) is 0. The molecule has 0 radical (unpaired) electrons. The van der Waals surface area contributed by atoms with Crippen molar-refractivity contribution in [2.45, 2.75) is 45.3 Å². The predicted octanol–water partition coefficient (Wildman–Crippen LogP) is 4.67. The Morgan fingerprint density at radius 3 is 2.47 bits per heavy atom. The van der Waals surface area contributed by atoms with Crippen LogP contribution in [-0.2, 0) is 0 Å². The smallest absolute Gasteiger partial charge is 0.150 e. The van der Waals surface area contributed by atoms with Crippen LogP contribution in [0.25, 0.3) is 0 Å². The normalized spacial score (nSPS) is 36.1. The molecule has 0 aliphatic heterocycles. The van der Waals surface area contributed by atoms with Gasteiger partial charge in [0.25, 0.3) is 0 Å². The standard InChI is InChI=1S/C13H23ClSi/c1-4-11(9-15(2,3)14)13-8-10-5-6-12(13)7-10/h5-6,10-13H,4,7-9H2,1-3H3. The third-order valence-corrected chi connectivity index (χ3v) is 6.17. The predicted molar refractivity (Wildman–Crippen MR) is 70.8 cm³/mol. The topological polar surface area (TPSA) is 0 Å². The number of rotatable bonds is 4. The Hall–Kier alpha value is 0.247. The minimum atomic E-state index is -1.39. The summed E-state index contributed by atoms with van der Waals surface area (Å²) in [5, 5.41) is 0. The Balaban J connectivity index is 1.99. The van der Waals surface area contributed by atoms with Crippen molar-refractivity contribution in [2.75, 3.05) is 0 Å². The first-order chi connectivity index (χ1) is 6.99. The summed E-state index contributed by atoms with van der Waals surface area (Å²) in [6, 6.07) is 1.31. The molecular formula is C13H23ClSi. The second-order valence-electron chi connectivity index (χ2n) is 6.04. The van der Waals surface area contributed by atoms with Crippen molar-refractivity contribution in [3.05, 3.63) is 12.2 Å². The average molecular weight is 243 g/mol. The van der Waals surface area contributed by atoms with Crippen LogP contribution in [0.3, 0.4) is 0 Å². The molecule has 0 spiro atoms. The van der Waals surface area contributed by atoms with E-state index < -0.39 is 7.38 Å². The third kappa shape index (κ3) is 2.68. The molecule has 0 aromatic heterocycles. The van der Waals surface area contributed by atoms with Gasteiger partial charge in [-0.3, -0.25) is 0 Å². The SMILES string of the molecule is CCC(C[Si](C)(C)Cl)C1CC2C=CC1C2. The van der Waals surface area contributed by atoms with E-state index in [0.717, 1.165) is 23.7 Å². The van der Waals surface area contributed by atoms with E-state index in [9.17, 15) is 0 Å². The van der Waals surface area contributed by atoms with Gasteiger partial charge in [0.2, 0.25) is 0 Å². The summed E-state index contributed by atoms with van der Waals surface area (Å²) >= 11 is 6.51. The molecule has 4 unspecified atom stereocenters. The lowest BCUT2D eigenvalue weighted by Crippen LogP contribution is -2.27. The van der Waals surface area contributed by atoms with Gasteiger partial charge in [0.05, 0.1) is 0 Å². The number of hydrogen-bond acceptors (Lipinski definition) is 0. The van der Waals surface area contributed by atoms with Crippen LogP contribution in [0.1, 0.15) is 26.2 Å². The molecule has 0 amide bonds. The van der Waals surface area contributed by atoms with Gasteiger partial charge in [0.15, 0.2) is 7.38 Å². The van der Waals surface area contributed by atoms with Crippen LogP contribution in [0.2, 0.25) is 19.1 Å². The van der Waals surface area contributed by atoms with Gasteiger partial charge in [-0.15, -0.1) is 0 Å². The monoisotopic (exact) mass is 242 g/mol. The fraction of sp³-hybridized carbons (Fsp3) is 0.846. The number of hydrogen-bond donors (Lipinski definition) is 0. The molecule has 2 aliphatic rings. The fourth-order valence-electron chi connectivity index (χ4n) is 3.59. The van der Waals surface area contributed by atoms with Gasteiger partial charge in [0, 0.05) is 0 Å². The molecule has 0 aromatic rings. The summed E-state index contributed by atoms with van der Waals surface area (Å²) < 4.78 is 0. The summed E-state index contributed by atoms with van der Waals surface area (Å²) in [6.07, 6.45) is 9.12. The van der Waals surface area contributed by atoms with Gasteiger partial charge in [-0.2, -0.15) is 11.1 Å². The quantitative estimate of drug-likeness (QED) is 0.382. The molecule has 4 atom stereocenters. The third-order valence-electron chi connectivity index (χ3n) is 4.21. The van der Waals surface area contributed by atoms with Gasteiger partial charge in [-0.1, -0.05) is 38.6 Å². The Labute approximate surface area is 99.8 Å². The van der Waals surface area contributed by atoms with E-state index in [1.54, 1.807) is 0 Å². The fourth-order valence-corrected chi connectivity index (χ4v) is 6.02. The largest absolute Gasteiger partial charge is 0.168 e. The zero-order chi connectivity index (χ0) is 11.1. The molecule has 86 valence electrons. The maximum Gasteiger partial charge on any atom is 0.150 e. The second-order valence-corrected chi connectivity index (χ2v) is 13.0. The zero-order valence-electron chi connectivity index (χ0n) is 10.2. The van der Waals surface area contributed by atoms with E-state index in [4.69, 9.17) is 11.1 Å². The van der Waals surface area contributed by atoms with Crippen molar-refractivity contribution in [1.29, 1.82) is 0 Å². The van der Waals surface area contributed by atoms with Crippen molar-refractivity contribution < 1.29 is 0 Å². The molecular weight excluding hydrogens is 220 g/mol. The van der Waals surface area contributed by atoms with Crippen LogP contribution in [0, 0.1) is 23.7 Å². The molecule has 2 heteroatoms. The maximum absolute atomic E-state index is 6.51. The van der Waals surface area contributed by atoms with Crippen LogP contribution in [-0.4, -0.2) is 7.38 Å². The molecule has 2 bridgehead atoms. The summed E-state index contributed by atoms with van der Waals surface area (Å²) in [7, 11) is -1.39. The minimum Gasteiger partial charge on any atom is -0.168 e. The van der Waals surface area contributed by atoms with Crippen LogP contribution < -0.4 is 0 Å². The highest BCUT2D eigenvalue weighted by molar-refractivity contribution is 7.19. The highest BCUT2D eigenvalue weighted by Gasteiger charge is 2.40. The molecule has 2 aliphatic carbocycles. The van der Waals surface area contributed by atoms with E-state index in [1.807, 2.05) is 0 Å². The van der Waals surface area contributed by atoms with E-state index in [2.05, 4.69) is 32.2 Å². The van der Waals surface area contributed by atoms with E-state index in [1.165, 1.54) is 25.3 Å². The Kier molecular flexibility index (Phi) is 3.32. The van der Waals surface area contributed by atoms with Crippen molar-refractivity contribution in [3.63, 3.8) is 0 Å². The van der Waals surface area contributed by atoms with E-state index in [-0.39, 0.29) is 0 Å². The van der Waals surface area contributed by atoms with Gasteiger partial charge in [-0.05, 0) is 42.6 Å². The van der Waals surface area contributed by atoms with E-state index in [0.29, 0.717) is 0 Å². The summed E-state index contributed by atoms with van der Waals surface area (Å²) in [6.45, 7) is 6.93. The maximum atomic E-state index is 6.51. The van der Waals surface area contributed by atoms with Crippen LogP contribution in [0.5, 0.6) is 0 Å². The lowest BCUT2D eigenvalue weighted by Gasteiger charge is -2.30. The lowest BCUT2D eigenvalue weighted by atomic mass is 9.81. The molecule has 0 N–H and O–H groups in total. The zero-order valence-corrected chi connectivity index (χ0v) is 11.9. The Bertz CT molecular complexity index is 254. The van der Waals surface area contributed by atoms with Gasteiger partial charge in [0.1, 0.15) is 0 Å². The average Bonchev–Trinajstić information content (AvgIpc) is 2.73. The van der Waals surface area contributed by atoms with Crippen molar-refractivity contribution in [3.8, 4) is 0 Å². The van der Waals surface area contributed by atoms with Gasteiger partial charge in [-0.25, -0.2) is 0 Å². The van der Waals surface area contributed by atoms with Crippen molar-refractivity contribution in [1.82, 2.24) is 0 Å². The molecule has 1 fully saturated rings. The molecule has 15 heavy (non-hydrogen) atoms. The summed E-state index contributed by atoms with van der Waals surface area (Å²) in [5.41, 5.74) is 0. The van der Waals surface area contributed by atoms with Gasteiger partial charge >= 0.3 is 0 Å². The second kappa shape index (κ2) is 4.25. The van der Waals surface area contributed by atoms with Crippen molar-refractivity contribution in [2.24, 2.45) is 23.7 Å². The summed E-state index contributed by atoms with van der Waals surface area (Å²) in [5.74, 6) is 3.65. The Morgan fingerprint density at radius 1 is 1.33 bits per heavy atom.